The van der Waals surface area contributed by atoms with Gasteiger partial charge in [-0.15, -0.1) is 0 Å². The van der Waals surface area contributed by atoms with Crippen LogP contribution in [0.3, 0.4) is 0 Å². The molecule has 0 bridgehead atoms. The highest BCUT2D eigenvalue weighted by Crippen LogP contribution is 2.29. The van der Waals surface area contributed by atoms with Crippen LogP contribution in [0.4, 0.5) is 17.1 Å². The summed E-state index contributed by atoms with van der Waals surface area (Å²) in [4.78, 5) is 22.0. The maximum absolute atomic E-state index is 11.9. The largest absolute Gasteiger partial charge is 0.376 e. The summed E-state index contributed by atoms with van der Waals surface area (Å²) in [6, 6.07) is 10.8. The number of nitrogens with one attached hydrogen (secondary N) is 2. The van der Waals surface area contributed by atoms with E-state index in [0.29, 0.717) is 16.4 Å². The minimum atomic E-state index is -0.503. The van der Waals surface area contributed by atoms with Crippen molar-refractivity contribution in [3.8, 4) is 0 Å². The summed E-state index contributed by atoms with van der Waals surface area (Å²) in [5.41, 5.74) is 0.824. The lowest BCUT2D eigenvalue weighted by atomic mass is 10.3. The van der Waals surface area contributed by atoms with E-state index in [1.54, 1.807) is 24.3 Å². The Morgan fingerprint density at radius 3 is 2.64 bits per heavy atom. The van der Waals surface area contributed by atoms with Crippen molar-refractivity contribution < 1.29 is 9.72 Å². The van der Waals surface area contributed by atoms with Gasteiger partial charge in [0.15, 0.2) is 0 Å². The third-order valence-electron chi connectivity index (χ3n) is 2.74. The van der Waals surface area contributed by atoms with E-state index < -0.39 is 4.92 Å². The molecule has 22 heavy (non-hydrogen) atoms. The minimum Gasteiger partial charge on any atom is -0.376 e. The predicted octanol–water partition coefficient (Wildman–Crippen LogP) is 3.95. The van der Waals surface area contributed by atoms with Crippen LogP contribution in [-0.2, 0) is 4.79 Å². The van der Waals surface area contributed by atoms with Crippen LogP contribution in [0.1, 0.15) is 0 Å². The van der Waals surface area contributed by atoms with Gasteiger partial charge in [-0.25, -0.2) is 0 Å². The van der Waals surface area contributed by atoms with Crippen LogP contribution >= 0.6 is 23.2 Å². The quantitative estimate of drug-likeness (QED) is 0.637. The smallest absolute Gasteiger partial charge is 0.271 e. The molecule has 0 radical (unpaired) electrons. The molecule has 0 heterocycles. The van der Waals surface area contributed by atoms with Gasteiger partial charge in [0.1, 0.15) is 0 Å². The molecule has 0 fully saturated rings. The molecule has 0 aliphatic carbocycles. The van der Waals surface area contributed by atoms with E-state index in [4.69, 9.17) is 23.2 Å². The first kappa shape index (κ1) is 16.1. The highest BCUT2D eigenvalue weighted by molar-refractivity contribution is 6.44. The van der Waals surface area contributed by atoms with Gasteiger partial charge in [-0.3, -0.25) is 14.9 Å². The number of carbonyl (C=O) groups is 1. The van der Waals surface area contributed by atoms with Gasteiger partial charge in [0.2, 0.25) is 5.91 Å². The molecule has 2 rings (SSSR count). The van der Waals surface area contributed by atoms with Gasteiger partial charge in [0.25, 0.3) is 5.69 Å². The fourth-order valence-corrected chi connectivity index (χ4v) is 2.05. The molecule has 2 aromatic carbocycles. The van der Waals surface area contributed by atoms with Gasteiger partial charge < -0.3 is 10.6 Å². The van der Waals surface area contributed by atoms with Crippen molar-refractivity contribution >= 4 is 46.2 Å². The van der Waals surface area contributed by atoms with E-state index in [2.05, 4.69) is 10.6 Å². The van der Waals surface area contributed by atoms with E-state index in [-0.39, 0.29) is 23.2 Å². The Labute approximate surface area is 136 Å². The Morgan fingerprint density at radius 2 is 1.91 bits per heavy atom. The molecule has 0 spiro atoms. The maximum atomic E-state index is 11.9. The molecule has 0 saturated carbocycles. The molecule has 6 nitrogen and oxygen atoms in total. The van der Waals surface area contributed by atoms with E-state index in [1.165, 1.54) is 18.2 Å². The van der Waals surface area contributed by atoms with Crippen molar-refractivity contribution in [2.45, 2.75) is 0 Å². The van der Waals surface area contributed by atoms with Gasteiger partial charge in [-0.05, 0) is 18.2 Å². The average Bonchev–Trinajstić information content (AvgIpc) is 2.50. The molecule has 8 heteroatoms. The summed E-state index contributed by atoms with van der Waals surface area (Å²) in [5, 5.41) is 16.7. The van der Waals surface area contributed by atoms with Crippen molar-refractivity contribution in [1.82, 2.24) is 0 Å². The SMILES string of the molecule is O=C(CNc1cccc([N+](=O)[O-])c1)Nc1cccc(Cl)c1Cl. The Kier molecular flexibility index (Phi) is 5.19. The van der Waals surface area contributed by atoms with Gasteiger partial charge in [0, 0.05) is 17.8 Å². The first-order valence-electron chi connectivity index (χ1n) is 6.19. The molecule has 2 N–H and O–H groups in total. The predicted molar refractivity (Wildman–Crippen MR) is 86.7 cm³/mol. The molecule has 0 aromatic heterocycles. The zero-order valence-corrected chi connectivity index (χ0v) is 12.7. The van der Waals surface area contributed by atoms with Crippen molar-refractivity contribution in [3.05, 3.63) is 62.6 Å². The molecule has 1 amide bonds. The Bertz CT molecular complexity index is 722. The highest BCUT2D eigenvalue weighted by Gasteiger charge is 2.09. The topological polar surface area (TPSA) is 84.3 Å². The fraction of sp³-hybridized carbons (Fsp3) is 0.0714. The normalized spacial score (nSPS) is 10.1. The zero-order valence-electron chi connectivity index (χ0n) is 11.2. The molecule has 2 aromatic rings. The molecule has 114 valence electrons. The second-order valence-electron chi connectivity index (χ2n) is 4.31. The number of carbonyl (C=O) groups excluding carboxylic acids is 1. The number of amides is 1. The summed E-state index contributed by atoms with van der Waals surface area (Å²) < 4.78 is 0. The van der Waals surface area contributed by atoms with Crippen molar-refractivity contribution in [1.29, 1.82) is 0 Å². The summed E-state index contributed by atoms with van der Waals surface area (Å²) in [6.07, 6.45) is 0. The van der Waals surface area contributed by atoms with E-state index in [0.717, 1.165) is 0 Å². The lowest BCUT2D eigenvalue weighted by molar-refractivity contribution is -0.384. The van der Waals surface area contributed by atoms with Crippen LogP contribution in [-0.4, -0.2) is 17.4 Å². The average molecular weight is 340 g/mol. The number of hydrogen-bond donors (Lipinski definition) is 2. The fourth-order valence-electron chi connectivity index (χ4n) is 1.71. The van der Waals surface area contributed by atoms with Crippen LogP contribution < -0.4 is 10.6 Å². The molecule has 0 aliphatic rings. The summed E-state index contributed by atoms with van der Waals surface area (Å²) in [6.45, 7) is -0.0655. The van der Waals surface area contributed by atoms with E-state index >= 15 is 0 Å². The third kappa shape index (κ3) is 4.09. The third-order valence-corrected chi connectivity index (χ3v) is 3.55. The Hall–Kier alpha value is -2.31. The lowest BCUT2D eigenvalue weighted by Gasteiger charge is -2.09. The van der Waals surface area contributed by atoms with Crippen LogP contribution in [0.25, 0.3) is 0 Å². The molecular weight excluding hydrogens is 329 g/mol. The first-order chi connectivity index (χ1) is 10.5. The Morgan fingerprint density at radius 1 is 1.18 bits per heavy atom. The van der Waals surface area contributed by atoms with Gasteiger partial charge in [0.05, 0.1) is 27.2 Å². The maximum Gasteiger partial charge on any atom is 0.271 e. The van der Waals surface area contributed by atoms with Crippen molar-refractivity contribution in [2.24, 2.45) is 0 Å². The minimum absolute atomic E-state index is 0.0525. The number of non-ortho nitro benzene ring substituents is 1. The van der Waals surface area contributed by atoms with Crippen molar-refractivity contribution in [3.63, 3.8) is 0 Å². The lowest BCUT2D eigenvalue weighted by Crippen LogP contribution is -2.21. The number of nitro benzene ring substituents is 1. The Balaban J connectivity index is 1.97. The molecule has 0 unspecified atom stereocenters. The summed E-state index contributed by atoms with van der Waals surface area (Å²) >= 11 is 11.8. The standard InChI is InChI=1S/C14H11Cl2N3O3/c15-11-5-2-6-12(14(11)16)18-13(20)8-17-9-3-1-4-10(7-9)19(21)22/h1-7,17H,8H2,(H,18,20). The van der Waals surface area contributed by atoms with Gasteiger partial charge in [-0.1, -0.05) is 35.3 Å². The second kappa shape index (κ2) is 7.11. The number of halogens is 2. The van der Waals surface area contributed by atoms with E-state index in [1.807, 2.05) is 0 Å². The number of rotatable bonds is 5. The number of nitrogens with zero attached hydrogens (tertiary/aromatic N) is 1. The van der Waals surface area contributed by atoms with Crippen molar-refractivity contribution in [2.75, 3.05) is 17.2 Å². The summed E-state index contributed by atoms with van der Waals surface area (Å²) in [5.74, 6) is -0.351. The first-order valence-corrected chi connectivity index (χ1v) is 6.95. The molecule has 0 saturated heterocycles. The molecule has 0 atom stereocenters. The van der Waals surface area contributed by atoms with Gasteiger partial charge in [-0.2, -0.15) is 0 Å². The summed E-state index contributed by atoms with van der Waals surface area (Å²) in [7, 11) is 0. The number of benzene rings is 2. The molecule has 0 aliphatic heterocycles. The van der Waals surface area contributed by atoms with Crippen LogP contribution in [0.15, 0.2) is 42.5 Å². The molecular formula is C14H11Cl2N3O3. The second-order valence-corrected chi connectivity index (χ2v) is 5.10. The highest BCUT2D eigenvalue weighted by atomic mass is 35.5. The van der Waals surface area contributed by atoms with Crippen LogP contribution in [0, 0.1) is 10.1 Å². The van der Waals surface area contributed by atoms with E-state index in [9.17, 15) is 14.9 Å². The number of hydrogen-bond acceptors (Lipinski definition) is 4. The van der Waals surface area contributed by atoms with Gasteiger partial charge >= 0.3 is 0 Å². The van der Waals surface area contributed by atoms with Crippen LogP contribution in [0.5, 0.6) is 0 Å². The van der Waals surface area contributed by atoms with Crippen LogP contribution in [0.2, 0.25) is 10.0 Å². The zero-order chi connectivity index (χ0) is 16.1. The number of anilines is 2. The number of nitro groups is 1. The monoisotopic (exact) mass is 339 g/mol.